The first kappa shape index (κ1) is 14.3. The summed E-state index contributed by atoms with van der Waals surface area (Å²) in [6.07, 6.45) is 0. The zero-order valence-corrected chi connectivity index (χ0v) is 13.2. The van der Waals surface area contributed by atoms with Crippen molar-refractivity contribution in [1.29, 1.82) is 0 Å². The van der Waals surface area contributed by atoms with E-state index in [1.807, 2.05) is 50.2 Å². The number of pyridine rings is 1. The largest absolute Gasteiger partial charge is 0.293 e. The Morgan fingerprint density at radius 2 is 1.89 bits per heavy atom. The van der Waals surface area contributed by atoms with Gasteiger partial charge in [0, 0.05) is 15.7 Å². The summed E-state index contributed by atoms with van der Waals surface area (Å²) in [7, 11) is 0. The quantitative estimate of drug-likeness (QED) is 0.611. The van der Waals surface area contributed by atoms with Crippen LogP contribution in [0.5, 0.6) is 0 Å². The van der Waals surface area contributed by atoms with E-state index >= 15 is 0 Å². The number of thioether (sulfide) groups is 1. The van der Waals surface area contributed by atoms with Gasteiger partial charge in [-0.25, -0.2) is 4.98 Å². The average molecular weight is 336 g/mol. The Labute approximate surface area is 125 Å². The normalized spacial score (nSPS) is 10.5. The fourth-order valence-electron chi connectivity index (χ4n) is 1.74. The smallest absolute Gasteiger partial charge is 0.173 e. The van der Waals surface area contributed by atoms with Gasteiger partial charge in [-0.3, -0.25) is 4.79 Å². The van der Waals surface area contributed by atoms with Gasteiger partial charge < -0.3 is 0 Å². The fourth-order valence-corrected chi connectivity index (χ4v) is 2.92. The highest BCUT2D eigenvalue weighted by Crippen LogP contribution is 2.19. The number of benzene rings is 1. The Kier molecular flexibility index (Phi) is 4.77. The van der Waals surface area contributed by atoms with Crippen molar-refractivity contribution in [2.45, 2.75) is 18.9 Å². The molecule has 0 saturated heterocycles. The summed E-state index contributed by atoms with van der Waals surface area (Å²) in [5.41, 5.74) is 2.89. The lowest BCUT2D eigenvalue weighted by Crippen LogP contribution is -2.02. The van der Waals surface area contributed by atoms with Crippen molar-refractivity contribution in [1.82, 2.24) is 4.98 Å². The van der Waals surface area contributed by atoms with Crippen LogP contribution in [0.2, 0.25) is 0 Å². The van der Waals surface area contributed by atoms with Crippen molar-refractivity contribution in [3.63, 3.8) is 0 Å². The summed E-state index contributed by atoms with van der Waals surface area (Å²) in [5, 5.41) is 0.906. The Morgan fingerprint density at radius 3 is 2.53 bits per heavy atom. The third kappa shape index (κ3) is 4.18. The molecule has 2 nitrogen and oxygen atoms in total. The average Bonchev–Trinajstić information content (AvgIpc) is 2.36. The highest BCUT2D eigenvalue weighted by Gasteiger charge is 2.07. The van der Waals surface area contributed by atoms with E-state index < -0.39 is 0 Å². The summed E-state index contributed by atoms with van der Waals surface area (Å²) in [4.78, 5) is 16.5. The lowest BCUT2D eigenvalue weighted by Gasteiger charge is -2.04. The minimum Gasteiger partial charge on any atom is -0.293 e. The van der Waals surface area contributed by atoms with Gasteiger partial charge in [-0.05, 0) is 43.7 Å². The molecule has 0 aliphatic heterocycles. The van der Waals surface area contributed by atoms with Crippen LogP contribution in [0.3, 0.4) is 0 Å². The second-order valence-corrected chi connectivity index (χ2v) is 6.25. The monoisotopic (exact) mass is 335 g/mol. The van der Waals surface area contributed by atoms with Crippen LogP contribution in [0.15, 0.2) is 45.9 Å². The SMILES string of the molecule is Cc1cc(C)nc(SCC(=O)c2ccc(Br)cc2)c1. The van der Waals surface area contributed by atoms with Crippen LogP contribution in [0, 0.1) is 13.8 Å². The Bertz CT molecular complexity index is 575. The summed E-state index contributed by atoms with van der Waals surface area (Å²) in [6, 6.07) is 11.5. The van der Waals surface area contributed by atoms with Crippen molar-refractivity contribution in [2.75, 3.05) is 5.75 Å². The molecule has 2 aromatic rings. The number of rotatable bonds is 4. The van der Waals surface area contributed by atoms with E-state index in [4.69, 9.17) is 0 Å². The molecule has 1 aromatic heterocycles. The highest BCUT2D eigenvalue weighted by molar-refractivity contribution is 9.10. The molecule has 0 aliphatic carbocycles. The van der Waals surface area contributed by atoms with Gasteiger partial charge in [0.2, 0.25) is 0 Å². The molecule has 0 fully saturated rings. The fraction of sp³-hybridized carbons (Fsp3) is 0.200. The number of ketones is 1. The molecule has 0 unspecified atom stereocenters. The van der Waals surface area contributed by atoms with Gasteiger partial charge in [0.15, 0.2) is 5.78 Å². The van der Waals surface area contributed by atoms with Crippen LogP contribution >= 0.6 is 27.7 Å². The van der Waals surface area contributed by atoms with E-state index in [9.17, 15) is 4.79 Å². The minimum absolute atomic E-state index is 0.124. The molecule has 1 heterocycles. The summed E-state index contributed by atoms with van der Waals surface area (Å²) >= 11 is 4.84. The number of carbonyl (C=O) groups excluding carboxylic acids is 1. The number of carbonyl (C=O) groups is 1. The number of hydrogen-bond donors (Lipinski definition) is 0. The molecule has 98 valence electrons. The molecule has 19 heavy (non-hydrogen) atoms. The molecule has 0 amide bonds. The lowest BCUT2D eigenvalue weighted by atomic mass is 10.2. The zero-order chi connectivity index (χ0) is 13.8. The Hall–Kier alpha value is -1.13. The molecule has 1 aromatic carbocycles. The Balaban J connectivity index is 2.02. The second-order valence-electron chi connectivity index (χ2n) is 4.34. The van der Waals surface area contributed by atoms with Gasteiger partial charge in [0.05, 0.1) is 10.8 Å². The topological polar surface area (TPSA) is 30.0 Å². The third-order valence-electron chi connectivity index (χ3n) is 2.59. The van der Waals surface area contributed by atoms with Crippen molar-refractivity contribution in [3.8, 4) is 0 Å². The molecule has 2 rings (SSSR count). The second kappa shape index (κ2) is 6.35. The molecule has 4 heteroatoms. The molecule has 0 bridgehead atoms. The standard InChI is InChI=1S/C15H14BrNOS/c1-10-7-11(2)17-15(8-10)19-9-14(18)12-3-5-13(16)6-4-12/h3-8H,9H2,1-2H3. The molecule has 0 atom stereocenters. The molecule has 0 aliphatic rings. The van der Waals surface area contributed by atoms with Gasteiger partial charge in [-0.1, -0.05) is 39.8 Å². The molecular formula is C15H14BrNOS. The van der Waals surface area contributed by atoms with E-state index in [1.165, 1.54) is 17.3 Å². The highest BCUT2D eigenvalue weighted by atomic mass is 79.9. The first-order valence-electron chi connectivity index (χ1n) is 5.91. The van der Waals surface area contributed by atoms with Crippen LogP contribution < -0.4 is 0 Å². The van der Waals surface area contributed by atoms with Crippen LogP contribution in [0.4, 0.5) is 0 Å². The maximum Gasteiger partial charge on any atom is 0.173 e. The van der Waals surface area contributed by atoms with E-state index in [-0.39, 0.29) is 5.78 Å². The summed E-state index contributed by atoms with van der Waals surface area (Å²) in [6.45, 7) is 4.00. The summed E-state index contributed by atoms with van der Waals surface area (Å²) in [5.74, 6) is 0.538. The minimum atomic E-state index is 0.124. The maximum atomic E-state index is 12.0. The Morgan fingerprint density at radius 1 is 1.21 bits per heavy atom. The lowest BCUT2D eigenvalue weighted by molar-refractivity contribution is 0.102. The first-order valence-corrected chi connectivity index (χ1v) is 7.69. The third-order valence-corrected chi connectivity index (χ3v) is 4.03. The number of halogens is 1. The van der Waals surface area contributed by atoms with Gasteiger partial charge in [-0.2, -0.15) is 0 Å². The van der Waals surface area contributed by atoms with Crippen molar-refractivity contribution >= 4 is 33.5 Å². The summed E-state index contributed by atoms with van der Waals surface area (Å²) < 4.78 is 0.979. The van der Waals surface area contributed by atoms with Gasteiger partial charge >= 0.3 is 0 Å². The van der Waals surface area contributed by atoms with E-state index in [0.29, 0.717) is 5.75 Å². The predicted octanol–water partition coefficient (Wildman–Crippen LogP) is 4.44. The first-order chi connectivity index (χ1) is 9.04. The van der Waals surface area contributed by atoms with Crippen LogP contribution in [0.25, 0.3) is 0 Å². The molecule has 0 radical (unpaired) electrons. The maximum absolute atomic E-state index is 12.0. The molecule has 0 spiro atoms. The molecular weight excluding hydrogens is 322 g/mol. The number of nitrogens with zero attached hydrogens (tertiary/aromatic N) is 1. The van der Waals surface area contributed by atoms with Crippen LogP contribution in [0.1, 0.15) is 21.6 Å². The zero-order valence-electron chi connectivity index (χ0n) is 10.8. The van der Waals surface area contributed by atoms with Crippen molar-refractivity contribution < 1.29 is 4.79 Å². The van der Waals surface area contributed by atoms with E-state index in [0.717, 1.165) is 20.8 Å². The van der Waals surface area contributed by atoms with E-state index in [2.05, 4.69) is 20.9 Å². The number of aryl methyl sites for hydroxylation is 2. The molecule has 0 N–H and O–H groups in total. The van der Waals surface area contributed by atoms with E-state index in [1.54, 1.807) is 0 Å². The number of hydrogen-bond acceptors (Lipinski definition) is 3. The van der Waals surface area contributed by atoms with Gasteiger partial charge in [0.25, 0.3) is 0 Å². The predicted molar refractivity (Wildman–Crippen MR) is 82.9 cm³/mol. The van der Waals surface area contributed by atoms with Gasteiger partial charge in [-0.15, -0.1) is 0 Å². The molecule has 0 saturated carbocycles. The van der Waals surface area contributed by atoms with Crippen molar-refractivity contribution in [2.24, 2.45) is 0 Å². The van der Waals surface area contributed by atoms with Crippen molar-refractivity contribution in [3.05, 3.63) is 57.7 Å². The number of Topliss-reactive ketones (excluding diaryl/α,β-unsaturated/α-hetero) is 1. The van der Waals surface area contributed by atoms with Crippen LogP contribution in [-0.2, 0) is 0 Å². The number of aromatic nitrogens is 1. The van der Waals surface area contributed by atoms with Gasteiger partial charge in [0.1, 0.15) is 0 Å². The van der Waals surface area contributed by atoms with Crippen LogP contribution in [-0.4, -0.2) is 16.5 Å².